The molecule has 1 saturated carbocycles. The highest BCUT2D eigenvalue weighted by atomic mass is 16.5. The van der Waals surface area contributed by atoms with Gasteiger partial charge in [0.25, 0.3) is 0 Å². The van der Waals surface area contributed by atoms with Gasteiger partial charge in [0.1, 0.15) is 29.2 Å². The number of ether oxygens (including phenoxy) is 2. The van der Waals surface area contributed by atoms with Crippen molar-refractivity contribution in [1.29, 1.82) is 0 Å². The first-order chi connectivity index (χ1) is 24.3. The summed E-state index contributed by atoms with van der Waals surface area (Å²) >= 11 is 0. The molecule has 2 aromatic carbocycles. The molecule has 6 rings (SSSR count). The number of carboxylic acid groups (broad SMARTS) is 1. The van der Waals surface area contributed by atoms with Crippen molar-refractivity contribution >= 4 is 34.6 Å². The molecule has 0 radical (unpaired) electrons. The average Bonchev–Trinajstić information content (AvgIpc) is 3.69. The highest BCUT2D eigenvalue weighted by molar-refractivity contribution is 5.96. The van der Waals surface area contributed by atoms with E-state index in [1.807, 2.05) is 80.3 Å². The smallest absolute Gasteiger partial charge is 0.330 e. The molecule has 3 amide bonds. The summed E-state index contributed by atoms with van der Waals surface area (Å²) in [5.41, 5.74) is 0.162. The van der Waals surface area contributed by atoms with Gasteiger partial charge in [-0.05, 0) is 43.2 Å². The number of nitrogens with zero attached hydrogens (tertiary/aromatic N) is 3. The van der Waals surface area contributed by atoms with Gasteiger partial charge in [-0.25, -0.2) is 9.78 Å². The summed E-state index contributed by atoms with van der Waals surface area (Å²) in [4.78, 5) is 62.8. The number of benzene rings is 2. The molecule has 1 aromatic heterocycles. The lowest BCUT2D eigenvalue weighted by Crippen LogP contribution is -2.54. The van der Waals surface area contributed by atoms with Gasteiger partial charge < -0.3 is 29.7 Å². The van der Waals surface area contributed by atoms with Crippen molar-refractivity contribution in [1.82, 2.24) is 20.1 Å². The van der Waals surface area contributed by atoms with E-state index in [4.69, 9.17) is 14.5 Å². The van der Waals surface area contributed by atoms with Crippen molar-refractivity contribution in [3.8, 4) is 22.8 Å². The van der Waals surface area contributed by atoms with Crippen LogP contribution in [0.25, 0.3) is 22.2 Å². The van der Waals surface area contributed by atoms with Gasteiger partial charge in [-0.1, -0.05) is 57.2 Å². The average molecular weight is 697 g/mol. The monoisotopic (exact) mass is 696 g/mol. The van der Waals surface area contributed by atoms with Gasteiger partial charge >= 0.3 is 5.97 Å². The van der Waals surface area contributed by atoms with E-state index >= 15 is 0 Å². The Hall–Kier alpha value is -4.93. The Bertz CT molecular complexity index is 1820. The van der Waals surface area contributed by atoms with Crippen LogP contribution in [0.15, 0.2) is 67.3 Å². The maximum absolute atomic E-state index is 14.6. The largest absolute Gasteiger partial charge is 0.497 e. The van der Waals surface area contributed by atoms with Crippen LogP contribution in [-0.4, -0.2) is 88.0 Å². The molecule has 11 heteroatoms. The molecule has 2 saturated heterocycles. The zero-order valence-corrected chi connectivity index (χ0v) is 29.9. The molecule has 2 aliphatic heterocycles. The molecule has 5 atom stereocenters. The van der Waals surface area contributed by atoms with E-state index in [-0.39, 0.29) is 37.6 Å². The Morgan fingerprint density at radius 1 is 1.08 bits per heavy atom. The fraction of sp³-hybridized carbons (Fsp3) is 0.475. The van der Waals surface area contributed by atoms with E-state index in [1.54, 1.807) is 7.11 Å². The third-order valence-corrected chi connectivity index (χ3v) is 10.6. The number of hydrogen-bond acceptors (Lipinski definition) is 7. The summed E-state index contributed by atoms with van der Waals surface area (Å²) < 4.78 is 12.2. The summed E-state index contributed by atoms with van der Waals surface area (Å²) in [6.45, 7) is 11.0. The molecule has 3 aliphatic rings. The topological polar surface area (TPSA) is 138 Å². The summed E-state index contributed by atoms with van der Waals surface area (Å²) in [5, 5.41) is 13.6. The molecule has 3 fully saturated rings. The second kappa shape index (κ2) is 14.4. The van der Waals surface area contributed by atoms with Gasteiger partial charge in [0.2, 0.25) is 17.7 Å². The van der Waals surface area contributed by atoms with E-state index in [0.717, 1.165) is 30.2 Å². The van der Waals surface area contributed by atoms with Crippen LogP contribution in [-0.2, 0) is 19.2 Å². The minimum Gasteiger partial charge on any atom is -0.497 e. The number of amides is 3. The molecule has 0 spiro atoms. The standard InChI is InChI=1S/C40H48N4O7/c1-6-26-23-40(26,38(48)49)42-36(46)33-20-28(24-44(33)37(47)30(39(2,3)4)21-35(45)43-17-11-8-12-18-43)51-34-22-31(25-13-9-7-10-14-25)41-32-19-27(50-5)15-16-29(32)34/h6-7,9-10,13-16,19,22,26,28,30,33H,1,8,11-12,17-18,20-21,23-24H2,2-5H3,(H,42,46)(H,48,49)/t26?,28-,30?,33+,40?/m1/s1. The minimum absolute atomic E-state index is 0.0214. The summed E-state index contributed by atoms with van der Waals surface area (Å²) in [6, 6.07) is 16.1. The number of rotatable bonds is 11. The van der Waals surface area contributed by atoms with E-state index < -0.39 is 46.8 Å². The third kappa shape index (κ3) is 7.43. The first-order valence-corrected chi connectivity index (χ1v) is 17.8. The van der Waals surface area contributed by atoms with Crippen molar-refractivity contribution in [3.63, 3.8) is 0 Å². The van der Waals surface area contributed by atoms with Gasteiger partial charge in [0, 0.05) is 54.9 Å². The van der Waals surface area contributed by atoms with Crippen LogP contribution in [0, 0.1) is 17.3 Å². The van der Waals surface area contributed by atoms with Crippen molar-refractivity contribution in [2.24, 2.45) is 17.3 Å². The number of carbonyl (C=O) groups is 4. The van der Waals surface area contributed by atoms with E-state index in [0.29, 0.717) is 35.8 Å². The maximum Gasteiger partial charge on any atom is 0.330 e. The number of nitrogens with one attached hydrogen (secondary N) is 1. The van der Waals surface area contributed by atoms with Crippen molar-refractivity contribution in [2.45, 2.75) is 77.0 Å². The Labute approximate surface area is 299 Å². The fourth-order valence-corrected chi connectivity index (χ4v) is 7.44. The summed E-state index contributed by atoms with van der Waals surface area (Å²) in [7, 11) is 1.59. The Balaban J connectivity index is 1.33. The first-order valence-electron chi connectivity index (χ1n) is 17.8. The number of pyridine rings is 1. The second-order valence-corrected chi connectivity index (χ2v) is 15.1. The number of fused-ring (bicyclic) bond motifs is 1. The van der Waals surface area contributed by atoms with Gasteiger partial charge in [-0.3, -0.25) is 14.4 Å². The molecular formula is C40H48N4O7. The quantitative estimate of drug-likeness (QED) is 0.252. The highest BCUT2D eigenvalue weighted by Crippen LogP contribution is 2.45. The molecule has 3 aromatic rings. The Kier molecular flexibility index (Phi) is 10.1. The number of carbonyl (C=O) groups excluding carboxylic acids is 3. The predicted octanol–water partition coefficient (Wildman–Crippen LogP) is 5.47. The molecule has 2 N–H and O–H groups in total. The molecule has 11 nitrogen and oxygen atoms in total. The lowest BCUT2D eigenvalue weighted by molar-refractivity contribution is -0.149. The van der Waals surface area contributed by atoms with Crippen LogP contribution >= 0.6 is 0 Å². The second-order valence-electron chi connectivity index (χ2n) is 15.1. The lowest BCUT2D eigenvalue weighted by Gasteiger charge is -2.36. The van der Waals surface area contributed by atoms with Crippen molar-refractivity contribution in [2.75, 3.05) is 26.7 Å². The van der Waals surface area contributed by atoms with Gasteiger partial charge in [0.15, 0.2) is 0 Å². The predicted molar refractivity (Wildman–Crippen MR) is 193 cm³/mol. The number of aromatic nitrogens is 1. The third-order valence-electron chi connectivity index (χ3n) is 10.6. The number of methoxy groups -OCH3 is 1. The zero-order chi connectivity index (χ0) is 36.5. The number of aliphatic carboxylic acids is 1. The molecule has 3 heterocycles. The van der Waals surface area contributed by atoms with Crippen molar-refractivity contribution in [3.05, 3.63) is 67.3 Å². The SMILES string of the molecule is C=CC1CC1(NC(=O)[C@@H]1C[C@@H](Oc2cc(-c3ccccc3)nc3cc(OC)ccc23)CN1C(=O)C(CC(=O)N1CCCCC1)C(C)(C)C)C(=O)O. The fourth-order valence-electron chi connectivity index (χ4n) is 7.44. The summed E-state index contributed by atoms with van der Waals surface area (Å²) in [5.74, 6) is -2.07. The van der Waals surface area contributed by atoms with E-state index in [2.05, 4.69) is 11.9 Å². The number of piperidine rings is 1. The number of likely N-dealkylation sites (tertiary alicyclic amines) is 2. The number of carboxylic acids is 1. The van der Waals surface area contributed by atoms with Crippen molar-refractivity contribution < 1.29 is 33.8 Å². The van der Waals surface area contributed by atoms with Gasteiger partial charge in [-0.15, -0.1) is 6.58 Å². The minimum atomic E-state index is -1.47. The highest BCUT2D eigenvalue weighted by Gasteiger charge is 2.61. The van der Waals surface area contributed by atoms with E-state index in [1.165, 1.54) is 11.0 Å². The van der Waals surface area contributed by atoms with Gasteiger partial charge in [0.05, 0.1) is 30.8 Å². The first kappa shape index (κ1) is 35.9. The number of hydrogen-bond donors (Lipinski definition) is 2. The molecule has 51 heavy (non-hydrogen) atoms. The van der Waals surface area contributed by atoms with Crippen LogP contribution in [0.5, 0.6) is 11.5 Å². The maximum atomic E-state index is 14.6. The molecule has 1 aliphatic carbocycles. The Morgan fingerprint density at radius 2 is 1.80 bits per heavy atom. The van der Waals surface area contributed by atoms with Crippen LogP contribution in [0.1, 0.15) is 59.3 Å². The van der Waals surface area contributed by atoms with Gasteiger partial charge in [-0.2, -0.15) is 0 Å². The molecular weight excluding hydrogens is 648 g/mol. The molecule has 270 valence electrons. The van der Waals surface area contributed by atoms with E-state index in [9.17, 15) is 24.3 Å². The molecule has 0 bridgehead atoms. The zero-order valence-electron chi connectivity index (χ0n) is 29.9. The molecule has 3 unspecified atom stereocenters. The van der Waals surface area contributed by atoms with Crippen LogP contribution in [0.4, 0.5) is 0 Å². The normalized spacial score (nSPS) is 23.7. The Morgan fingerprint density at radius 3 is 2.43 bits per heavy atom. The van der Waals surface area contributed by atoms with Crippen LogP contribution < -0.4 is 14.8 Å². The van der Waals surface area contributed by atoms with Crippen LogP contribution in [0.3, 0.4) is 0 Å². The van der Waals surface area contributed by atoms with Crippen LogP contribution in [0.2, 0.25) is 0 Å². The lowest BCUT2D eigenvalue weighted by atomic mass is 9.77. The summed E-state index contributed by atoms with van der Waals surface area (Å²) in [6.07, 6.45) is 4.25.